The van der Waals surface area contributed by atoms with Crippen LogP contribution in [-0.2, 0) is 10.2 Å². The van der Waals surface area contributed by atoms with Crippen molar-refractivity contribution in [1.82, 2.24) is 0 Å². The van der Waals surface area contributed by atoms with Crippen LogP contribution in [0.2, 0.25) is 0 Å². The summed E-state index contributed by atoms with van der Waals surface area (Å²) < 4.78 is 5.29. The van der Waals surface area contributed by atoms with Crippen molar-refractivity contribution in [3.05, 3.63) is 29.3 Å². The van der Waals surface area contributed by atoms with E-state index < -0.39 is 5.97 Å². The molecule has 0 aliphatic carbocycles. The summed E-state index contributed by atoms with van der Waals surface area (Å²) in [5.74, 6) is 0.0651. The van der Waals surface area contributed by atoms with Crippen molar-refractivity contribution >= 4 is 5.97 Å². The maximum atomic E-state index is 10.5. The van der Waals surface area contributed by atoms with Gasteiger partial charge < -0.3 is 9.84 Å². The first kappa shape index (κ1) is 14.6. The molecule has 0 atom stereocenters. The standard InChI is InChI=1S/C15H22O3/c1-10(2)11-6-12(15(3,4)5)8-13(7-11)18-9-14(16)17/h6-8,10H,9H2,1-5H3,(H,16,17). The number of hydrogen-bond donors (Lipinski definition) is 1. The molecule has 0 unspecified atom stereocenters. The minimum Gasteiger partial charge on any atom is -0.482 e. The Morgan fingerprint density at radius 2 is 1.89 bits per heavy atom. The van der Waals surface area contributed by atoms with Crippen LogP contribution in [0.4, 0.5) is 0 Å². The van der Waals surface area contributed by atoms with Crippen LogP contribution < -0.4 is 4.74 Å². The zero-order valence-electron chi connectivity index (χ0n) is 11.8. The first-order valence-electron chi connectivity index (χ1n) is 6.20. The lowest BCUT2D eigenvalue weighted by molar-refractivity contribution is -0.139. The summed E-state index contributed by atoms with van der Waals surface area (Å²) in [6, 6.07) is 6.01. The second-order valence-electron chi connectivity index (χ2n) is 5.88. The Kier molecular flexibility index (Phi) is 4.38. The van der Waals surface area contributed by atoms with Gasteiger partial charge in [0, 0.05) is 0 Å². The molecule has 1 N–H and O–H groups in total. The van der Waals surface area contributed by atoms with Crippen molar-refractivity contribution in [2.24, 2.45) is 0 Å². The maximum Gasteiger partial charge on any atom is 0.341 e. The number of aliphatic carboxylic acids is 1. The molecule has 3 heteroatoms. The van der Waals surface area contributed by atoms with E-state index in [1.165, 1.54) is 5.56 Å². The molecule has 0 aliphatic heterocycles. The maximum absolute atomic E-state index is 10.5. The highest BCUT2D eigenvalue weighted by atomic mass is 16.5. The fourth-order valence-electron chi connectivity index (χ4n) is 1.62. The number of carboxylic acids is 1. The number of carbonyl (C=O) groups is 1. The van der Waals surface area contributed by atoms with Gasteiger partial charge in [-0.1, -0.05) is 40.7 Å². The van der Waals surface area contributed by atoms with Crippen LogP contribution in [0.15, 0.2) is 18.2 Å². The van der Waals surface area contributed by atoms with Gasteiger partial charge in [-0.3, -0.25) is 0 Å². The van der Waals surface area contributed by atoms with E-state index in [-0.39, 0.29) is 12.0 Å². The molecule has 3 nitrogen and oxygen atoms in total. The van der Waals surface area contributed by atoms with E-state index in [1.54, 1.807) is 0 Å². The molecule has 0 radical (unpaired) electrons. The molecule has 1 aromatic carbocycles. The third-order valence-corrected chi connectivity index (χ3v) is 2.82. The monoisotopic (exact) mass is 250 g/mol. The largest absolute Gasteiger partial charge is 0.482 e. The Bertz CT molecular complexity index is 428. The molecule has 0 bridgehead atoms. The van der Waals surface area contributed by atoms with Gasteiger partial charge >= 0.3 is 5.97 Å². The third kappa shape index (κ3) is 4.06. The van der Waals surface area contributed by atoms with Gasteiger partial charge in [0.25, 0.3) is 0 Å². The molecule has 0 aromatic heterocycles. The smallest absolute Gasteiger partial charge is 0.341 e. The Morgan fingerprint density at radius 3 is 2.33 bits per heavy atom. The average Bonchev–Trinajstić information content (AvgIpc) is 2.24. The molecular formula is C15H22O3. The van der Waals surface area contributed by atoms with Crippen LogP contribution in [0.25, 0.3) is 0 Å². The lowest BCUT2D eigenvalue weighted by Gasteiger charge is -2.22. The van der Waals surface area contributed by atoms with Crippen molar-refractivity contribution in [2.45, 2.75) is 46.0 Å². The van der Waals surface area contributed by atoms with Crippen LogP contribution in [0.3, 0.4) is 0 Å². The van der Waals surface area contributed by atoms with Gasteiger partial charge in [-0.25, -0.2) is 4.79 Å². The molecule has 100 valence electrons. The minimum absolute atomic E-state index is 0.0201. The zero-order chi connectivity index (χ0) is 13.9. The Hall–Kier alpha value is -1.51. The van der Waals surface area contributed by atoms with E-state index in [4.69, 9.17) is 9.84 Å². The van der Waals surface area contributed by atoms with Gasteiger partial charge in [0.05, 0.1) is 0 Å². The van der Waals surface area contributed by atoms with Crippen LogP contribution in [0, 0.1) is 0 Å². The number of carboxylic acid groups (broad SMARTS) is 1. The Labute approximate surface area is 109 Å². The van der Waals surface area contributed by atoms with Crippen LogP contribution in [0.5, 0.6) is 5.75 Å². The highest BCUT2D eigenvalue weighted by molar-refractivity contribution is 5.68. The fraction of sp³-hybridized carbons (Fsp3) is 0.533. The van der Waals surface area contributed by atoms with Crippen LogP contribution in [0.1, 0.15) is 51.7 Å². The van der Waals surface area contributed by atoms with Gasteiger partial charge in [-0.15, -0.1) is 0 Å². The lowest BCUT2D eigenvalue weighted by atomic mass is 9.84. The molecule has 0 fully saturated rings. The summed E-state index contributed by atoms with van der Waals surface area (Å²) in [5.41, 5.74) is 2.35. The lowest BCUT2D eigenvalue weighted by Crippen LogP contribution is -2.14. The van der Waals surface area contributed by atoms with E-state index in [0.29, 0.717) is 11.7 Å². The molecule has 1 aromatic rings. The highest BCUT2D eigenvalue weighted by Gasteiger charge is 2.17. The first-order chi connectivity index (χ1) is 8.20. The van der Waals surface area contributed by atoms with Crippen molar-refractivity contribution in [3.63, 3.8) is 0 Å². The summed E-state index contributed by atoms with van der Waals surface area (Å²) in [4.78, 5) is 10.5. The van der Waals surface area contributed by atoms with Crippen molar-refractivity contribution < 1.29 is 14.6 Å². The first-order valence-corrected chi connectivity index (χ1v) is 6.20. The molecule has 0 spiro atoms. The number of hydrogen-bond acceptors (Lipinski definition) is 2. The van der Waals surface area contributed by atoms with Crippen LogP contribution in [-0.4, -0.2) is 17.7 Å². The SMILES string of the molecule is CC(C)c1cc(OCC(=O)O)cc(C(C)(C)C)c1. The molecule has 0 amide bonds. The van der Waals surface area contributed by atoms with Gasteiger partial charge in [-0.2, -0.15) is 0 Å². The Balaban J connectivity index is 3.10. The van der Waals surface area contributed by atoms with E-state index >= 15 is 0 Å². The summed E-state index contributed by atoms with van der Waals surface area (Å²) in [6.07, 6.45) is 0. The van der Waals surface area contributed by atoms with Crippen molar-refractivity contribution in [1.29, 1.82) is 0 Å². The molecule has 0 saturated carbocycles. The third-order valence-electron chi connectivity index (χ3n) is 2.82. The summed E-state index contributed by atoms with van der Waals surface area (Å²) >= 11 is 0. The van der Waals surface area contributed by atoms with Gasteiger partial charge in [0.15, 0.2) is 6.61 Å². The summed E-state index contributed by atoms with van der Waals surface area (Å²) in [5, 5.41) is 8.66. The number of benzene rings is 1. The van der Waals surface area contributed by atoms with Crippen molar-refractivity contribution in [2.75, 3.05) is 6.61 Å². The zero-order valence-corrected chi connectivity index (χ0v) is 11.8. The number of rotatable bonds is 4. The topological polar surface area (TPSA) is 46.5 Å². The number of ether oxygens (including phenoxy) is 1. The van der Waals surface area contributed by atoms with E-state index in [0.717, 1.165) is 5.56 Å². The normalized spacial score (nSPS) is 11.7. The van der Waals surface area contributed by atoms with E-state index in [9.17, 15) is 4.79 Å². The second kappa shape index (κ2) is 5.42. The summed E-state index contributed by atoms with van der Waals surface area (Å²) in [7, 11) is 0. The fourth-order valence-corrected chi connectivity index (χ4v) is 1.62. The highest BCUT2D eigenvalue weighted by Crippen LogP contribution is 2.30. The molecule has 0 aliphatic rings. The average molecular weight is 250 g/mol. The predicted molar refractivity (Wildman–Crippen MR) is 72.4 cm³/mol. The van der Waals surface area contributed by atoms with E-state index in [2.05, 4.69) is 40.7 Å². The molecule has 1 rings (SSSR count). The minimum atomic E-state index is -0.956. The van der Waals surface area contributed by atoms with E-state index in [1.807, 2.05) is 12.1 Å². The second-order valence-corrected chi connectivity index (χ2v) is 5.88. The predicted octanol–water partition coefficient (Wildman–Crippen LogP) is 3.57. The van der Waals surface area contributed by atoms with Gasteiger partial charge in [0.1, 0.15) is 5.75 Å². The summed E-state index contributed by atoms with van der Waals surface area (Å²) in [6.45, 7) is 10.3. The molecule has 18 heavy (non-hydrogen) atoms. The quantitative estimate of drug-likeness (QED) is 0.888. The van der Waals surface area contributed by atoms with Gasteiger partial charge in [0.2, 0.25) is 0 Å². The van der Waals surface area contributed by atoms with Crippen molar-refractivity contribution in [3.8, 4) is 5.75 Å². The molecule has 0 heterocycles. The van der Waals surface area contributed by atoms with Gasteiger partial charge in [-0.05, 0) is 34.6 Å². The van der Waals surface area contributed by atoms with Crippen LogP contribution >= 0.6 is 0 Å². The Morgan fingerprint density at radius 1 is 1.28 bits per heavy atom. The molecule has 0 saturated heterocycles. The molecular weight excluding hydrogens is 228 g/mol.